The van der Waals surface area contributed by atoms with Crippen LogP contribution in [0.25, 0.3) is 0 Å². The predicted octanol–water partition coefficient (Wildman–Crippen LogP) is 2.49. The van der Waals surface area contributed by atoms with Crippen molar-refractivity contribution >= 4 is 5.78 Å². The highest BCUT2D eigenvalue weighted by atomic mass is 16.1. The van der Waals surface area contributed by atoms with E-state index in [0.717, 1.165) is 0 Å². The molecule has 0 radical (unpaired) electrons. The van der Waals surface area contributed by atoms with E-state index in [1.54, 1.807) is 6.92 Å². The van der Waals surface area contributed by atoms with Gasteiger partial charge in [-0.1, -0.05) is 18.2 Å². The van der Waals surface area contributed by atoms with Gasteiger partial charge in [0.25, 0.3) is 0 Å². The lowest BCUT2D eigenvalue weighted by Gasteiger charge is -1.93. The van der Waals surface area contributed by atoms with Gasteiger partial charge < -0.3 is 0 Å². The van der Waals surface area contributed by atoms with Crippen LogP contribution in [0, 0.1) is 0 Å². The van der Waals surface area contributed by atoms with Crippen molar-refractivity contribution < 1.29 is 4.79 Å². The average molecular weight is 138 g/mol. The minimum atomic E-state index is 0.126. The van der Waals surface area contributed by atoms with E-state index < -0.39 is 0 Å². The summed E-state index contributed by atoms with van der Waals surface area (Å²) >= 11 is 0. The third-order valence-electron chi connectivity index (χ3n) is 1.17. The zero-order valence-corrected chi connectivity index (χ0v) is 6.90. The molecule has 0 bridgehead atoms. The Morgan fingerprint density at radius 1 is 1.40 bits per heavy atom. The van der Waals surface area contributed by atoms with Crippen molar-refractivity contribution in [1.29, 1.82) is 0 Å². The van der Waals surface area contributed by atoms with Crippen LogP contribution in [0.5, 0.6) is 0 Å². The molecule has 0 saturated carbocycles. The van der Waals surface area contributed by atoms with Gasteiger partial charge in [-0.15, -0.1) is 0 Å². The summed E-state index contributed by atoms with van der Waals surface area (Å²) < 4.78 is 0. The third kappa shape index (κ3) is 4.07. The number of allylic oxidation sites excluding steroid dienone is 3. The Morgan fingerprint density at radius 3 is 2.20 bits per heavy atom. The zero-order chi connectivity index (χ0) is 8.15. The monoisotopic (exact) mass is 138 g/mol. The van der Waals surface area contributed by atoms with Crippen LogP contribution in [0.1, 0.15) is 27.2 Å². The Labute approximate surface area is 62.4 Å². The Kier molecular flexibility index (Phi) is 3.70. The molecule has 1 heteroatoms. The predicted molar refractivity (Wildman–Crippen MR) is 43.9 cm³/mol. The van der Waals surface area contributed by atoms with E-state index in [0.29, 0.717) is 12.0 Å². The highest BCUT2D eigenvalue weighted by Gasteiger charge is 1.97. The maximum absolute atomic E-state index is 10.9. The van der Waals surface area contributed by atoms with Crippen LogP contribution in [0.4, 0.5) is 0 Å². The normalized spacial score (nSPS) is 8.70. The molecule has 0 aliphatic heterocycles. The smallest absolute Gasteiger partial charge is 0.161 e. The Hall–Kier alpha value is -0.850. The number of Topliss-reactive ketones (excluding diaryl/α,β-unsaturated/α-hetero) is 1. The summed E-state index contributed by atoms with van der Waals surface area (Å²) in [6.45, 7) is 9.25. The Bertz CT molecular complexity index is 171. The summed E-state index contributed by atoms with van der Waals surface area (Å²) in [4.78, 5) is 10.9. The highest BCUT2D eigenvalue weighted by Crippen LogP contribution is 1.99. The molecule has 0 heterocycles. The quantitative estimate of drug-likeness (QED) is 0.432. The van der Waals surface area contributed by atoms with Crippen molar-refractivity contribution in [3.8, 4) is 0 Å². The van der Waals surface area contributed by atoms with Crippen LogP contribution in [0.15, 0.2) is 23.8 Å². The zero-order valence-electron chi connectivity index (χ0n) is 6.90. The molecule has 0 unspecified atom stereocenters. The number of rotatable bonds is 3. The number of carbonyl (C=O) groups excluding carboxylic acids is 1. The molecular formula is C9H14O. The summed E-state index contributed by atoms with van der Waals surface area (Å²) in [5, 5.41) is 0. The molecule has 56 valence electrons. The molecule has 0 aromatic heterocycles. The van der Waals surface area contributed by atoms with Crippen LogP contribution in [0.3, 0.4) is 0 Å². The Morgan fingerprint density at radius 2 is 1.90 bits per heavy atom. The SMILES string of the molecule is C=C(C)C(=O)CC=C(C)C. The van der Waals surface area contributed by atoms with Gasteiger partial charge in [0.1, 0.15) is 0 Å². The van der Waals surface area contributed by atoms with Crippen LogP contribution in [-0.4, -0.2) is 5.78 Å². The maximum atomic E-state index is 10.9. The molecule has 10 heavy (non-hydrogen) atoms. The fraction of sp³-hybridized carbons (Fsp3) is 0.444. The molecule has 0 aromatic carbocycles. The van der Waals surface area contributed by atoms with Gasteiger partial charge in [-0.05, 0) is 26.3 Å². The van der Waals surface area contributed by atoms with Crippen LogP contribution < -0.4 is 0 Å². The number of hydrogen-bond acceptors (Lipinski definition) is 1. The first-order chi connectivity index (χ1) is 4.54. The summed E-state index contributed by atoms with van der Waals surface area (Å²) in [5.41, 5.74) is 1.81. The molecule has 0 rings (SSSR count). The summed E-state index contributed by atoms with van der Waals surface area (Å²) in [6.07, 6.45) is 2.41. The largest absolute Gasteiger partial charge is 0.294 e. The van der Waals surface area contributed by atoms with Gasteiger partial charge in [-0.25, -0.2) is 0 Å². The number of ketones is 1. The molecule has 0 aliphatic carbocycles. The lowest BCUT2D eigenvalue weighted by molar-refractivity contribution is -0.114. The topological polar surface area (TPSA) is 17.1 Å². The maximum Gasteiger partial charge on any atom is 0.161 e. The molecule has 0 aromatic rings. The van der Waals surface area contributed by atoms with Gasteiger partial charge in [-0.2, -0.15) is 0 Å². The van der Waals surface area contributed by atoms with Gasteiger partial charge in [0.15, 0.2) is 5.78 Å². The molecule has 1 nitrogen and oxygen atoms in total. The van der Waals surface area contributed by atoms with E-state index in [-0.39, 0.29) is 5.78 Å². The number of carbonyl (C=O) groups is 1. The molecule has 0 aliphatic rings. The summed E-state index contributed by atoms with van der Waals surface area (Å²) in [6, 6.07) is 0. The van der Waals surface area contributed by atoms with E-state index in [2.05, 4.69) is 6.58 Å². The van der Waals surface area contributed by atoms with Gasteiger partial charge in [-0.3, -0.25) is 4.79 Å². The minimum Gasteiger partial charge on any atom is -0.294 e. The third-order valence-corrected chi connectivity index (χ3v) is 1.17. The molecule has 0 saturated heterocycles. The number of hydrogen-bond donors (Lipinski definition) is 0. The van der Waals surface area contributed by atoms with E-state index in [1.165, 1.54) is 5.57 Å². The van der Waals surface area contributed by atoms with E-state index in [4.69, 9.17) is 0 Å². The summed E-state index contributed by atoms with van der Waals surface area (Å²) in [7, 11) is 0. The van der Waals surface area contributed by atoms with Crippen LogP contribution >= 0.6 is 0 Å². The van der Waals surface area contributed by atoms with E-state index >= 15 is 0 Å². The molecule has 0 amide bonds. The van der Waals surface area contributed by atoms with Crippen molar-refractivity contribution in [3.63, 3.8) is 0 Å². The molecule has 0 fully saturated rings. The molecule has 0 spiro atoms. The minimum absolute atomic E-state index is 0.126. The van der Waals surface area contributed by atoms with Crippen molar-refractivity contribution in [3.05, 3.63) is 23.8 Å². The second kappa shape index (κ2) is 4.04. The first-order valence-electron chi connectivity index (χ1n) is 3.36. The highest BCUT2D eigenvalue weighted by molar-refractivity contribution is 5.95. The van der Waals surface area contributed by atoms with Crippen molar-refractivity contribution in [2.75, 3.05) is 0 Å². The van der Waals surface area contributed by atoms with Gasteiger partial charge in [0.2, 0.25) is 0 Å². The van der Waals surface area contributed by atoms with Crippen LogP contribution in [0.2, 0.25) is 0 Å². The van der Waals surface area contributed by atoms with Crippen molar-refractivity contribution in [2.45, 2.75) is 27.2 Å². The summed E-state index contributed by atoms with van der Waals surface area (Å²) in [5.74, 6) is 0.126. The van der Waals surface area contributed by atoms with E-state index in [1.807, 2.05) is 19.9 Å². The first-order valence-corrected chi connectivity index (χ1v) is 3.36. The molecular weight excluding hydrogens is 124 g/mol. The van der Waals surface area contributed by atoms with Crippen molar-refractivity contribution in [1.82, 2.24) is 0 Å². The standard InChI is InChI=1S/C9H14O/c1-7(2)5-6-9(10)8(3)4/h5H,3,6H2,1-2,4H3. The van der Waals surface area contributed by atoms with Crippen LogP contribution in [-0.2, 0) is 4.79 Å². The van der Waals surface area contributed by atoms with Gasteiger partial charge >= 0.3 is 0 Å². The average Bonchev–Trinajstić information content (AvgIpc) is 1.82. The van der Waals surface area contributed by atoms with E-state index in [9.17, 15) is 4.79 Å². The fourth-order valence-corrected chi connectivity index (χ4v) is 0.471. The lowest BCUT2D eigenvalue weighted by Crippen LogP contribution is -1.95. The lowest BCUT2D eigenvalue weighted by atomic mass is 10.1. The van der Waals surface area contributed by atoms with Gasteiger partial charge in [0, 0.05) is 6.42 Å². The second-order valence-corrected chi connectivity index (χ2v) is 2.69. The first kappa shape index (κ1) is 9.15. The Balaban J connectivity index is 3.83. The van der Waals surface area contributed by atoms with Crippen molar-refractivity contribution in [2.24, 2.45) is 0 Å². The molecule has 0 atom stereocenters. The fourth-order valence-electron chi connectivity index (χ4n) is 0.471. The van der Waals surface area contributed by atoms with Gasteiger partial charge in [0.05, 0.1) is 0 Å². The molecule has 0 N–H and O–H groups in total. The second-order valence-electron chi connectivity index (χ2n) is 2.69.